The van der Waals surface area contributed by atoms with Crippen molar-refractivity contribution in [1.29, 1.82) is 0 Å². The number of nitrogens with zero attached hydrogens (tertiary/aromatic N) is 1. The summed E-state index contributed by atoms with van der Waals surface area (Å²) < 4.78 is 0. The van der Waals surface area contributed by atoms with Gasteiger partial charge in [0.05, 0.1) is 17.6 Å². The van der Waals surface area contributed by atoms with E-state index in [4.69, 9.17) is 5.73 Å². The summed E-state index contributed by atoms with van der Waals surface area (Å²) in [5, 5.41) is 2.93. The van der Waals surface area contributed by atoms with Crippen molar-refractivity contribution in [2.24, 2.45) is 11.7 Å². The Hall–Kier alpha value is -1.88. The molecule has 5 heteroatoms. The maximum Gasteiger partial charge on any atom is 0.223 e. The van der Waals surface area contributed by atoms with E-state index < -0.39 is 0 Å². The fourth-order valence-electron chi connectivity index (χ4n) is 2.66. The van der Waals surface area contributed by atoms with Crippen LogP contribution in [0.5, 0.6) is 0 Å². The van der Waals surface area contributed by atoms with E-state index in [-0.39, 0.29) is 17.9 Å². The van der Waals surface area contributed by atoms with Crippen molar-refractivity contribution in [2.45, 2.75) is 31.8 Å². The van der Waals surface area contributed by atoms with E-state index >= 15 is 0 Å². The molecule has 1 aliphatic carbocycles. The molecule has 1 aliphatic rings. The van der Waals surface area contributed by atoms with Gasteiger partial charge in [-0.25, -0.2) is 4.98 Å². The highest BCUT2D eigenvalue weighted by molar-refractivity contribution is 5.79. The lowest BCUT2D eigenvalue weighted by atomic mass is 10.1. The van der Waals surface area contributed by atoms with Crippen molar-refractivity contribution >= 4 is 16.9 Å². The van der Waals surface area contributed by atoms with Gasteiger partial charge in [-0.3, -0.25) is 4.79 Å². The molecule has 19 heavy (non-hydrogen) atoms. The molecule has 0 saturated heterocycles. The van der Waals surface area contributed by atoms with Gasteiger partial charge in [0.25, 0.3) is 0 Å². The lowest BCUT2D eigenvalue weighted by Gasteiger charge is -2.09. The van der Waals surface area contributed by atoms with E-state index in [1.54, 1.807) is 0 Å². The van der Waals surface area contributed by atoms with E-state index in [1.165, 1.54) is 0 Å². The first-order chi connectivity index (χ1) is 9.22. The summed E-state index contributed by atoms with van der Waals surface area (Å²) in [5.74, 6) is 0.949. The number of aromatic amines is 1. The number of hydrogen-bond acceptors (Lipinski definition) is 3. The third-order valence-corrected chi connectivity index (χ3v) is 3.71. The molecule has 0 aliphatic heterocycles. The molecule has 1 fully saturated rings. The van der Waals surface area contributed by atoms with Crippen molar-refractivity contribution < 1.29 is 4.79 Å². The van der Waals surface area contributed by atoms with E-state index in [2.05, 4.69) is 15.3 Å². The van der Waals surface area contributed by atoms with Crippen LogP contribution in [0.15, 0.2) is 24.3 Å². The fraction of sp³-hybridized carbons (Fsp3) is 0.429. The first-order valence-corrected chi connectivity index (χ1v) is 6.69. The van der Waals surface area contributed by atoms with Gasteiger partial charge in [0.1, 0.15) is 5.82 Å². The van der Waals surface area contributed by atoms with Crippen LogP contribution < -0.4 is 11.1 Å². The quantitative estimate of drug-likeness (QED) is 0.776. The second-order valence-electron chi connectivity index (χ2n) is 5.19. The maximum absolute atomic E-state index is 12.0. The Balaban J connectivity index is 1.61. The number of H-pyrrole nitrogens is 1. The van der Waals surface area contributed by atoms with E-state index in [0.29, 0.717) is 6.54 Å². The Kier molecular flexibility index (Phi) is 3.21. The van der Waals surface area contributed by atoms with Gasteiger partial charge in [-0.2, -0.15) is 0 Å². The van der Waals surface area contributed by atoms with Gasteiger partial charge in [0, 0.05) is 12.0 Å². The highest BCUT2D eigenvalue weighted by Crippen LogP contribution is 2.24. The minimum atomic E-state index is 0.0689. The molecule has 2 aromatic rings. The first kappa shape index (κ1) is 12.2. The molecule has 1 heterocycles. The largest absolute Gasteiger partial charge is 0.349 e. The van der Waals surface area contributed by atoms with Crippen molar-refractivity contribution in [3.8, 4) is 0 Å². The zero-order valence-electron chi connectivity index (χ0n) is 10.7. The SMILES string of the molecule is NC1CCC(C(=O)NCc2nc3ccccc3[nH]2)C1. The average Bonchev–Trinajstić information content (AvgIpc) is 3.01. The second-order valence-corrected chi connectivity index (χ2v) is 5.19. The molecule has 1 aromatic carbocycles. The summed E-state index contributed by atoms with van der Waals surface area (Å²) in [6, 6.07) is 8.02. The van der Waals surface area contributed by atoms with Gasteiger partial charge in [-0.05, 0) is 31.4 Å². The number of nitrogens with one attached hydrogen (secondary N) is 2. The number of imidazole rings is 1. The van der Waals surface area contributed by atoms with Crippen molar-refractivity contribution in [3.63, 3.8) is 0 Å². The lowest BCUT2D eigenvalue weighted by molar-refractivity contribution is -0.125. The molecule has 1 saturated carbocycles. The molecule has 1 amide bonds. The van der Waals surface area contributed by atoms with Crippen LogP contribution in [0.1, 0.15) is 25.1 Å². The van der Waals surface area contributed by atoms with Crippen LogP contribution >= 0.6 is 0 Å². The Bertz CT molecular complexity index is 559. The molecule has 0 spiro atoms. The Morgan fingerprint density at radius 3 is 3.00 bits per heavy atom. The number of aromatic nitrogens is 2. The summed E-state index contributed by atoms with van der Waals surface area (Å²) in [4.78, 5) is 19.6. The Labute approximate surface area is 111 Å². The van der Waals surface area contributed by atoms with Crippen LogP contribution in [0.2, 0.25) is 0 Å². The molecule has 3 rings (SSSR count). The van der Waals surface area contributed by atoms with E-state index in [0.717, 1.165) is 36.1 Å². The van der Waals surface area contributed by atoms with Crippen molar-refractivity contribution in [1.82, 2.24) is 15.3 Å². The minimum Gasteiger partial charge on any atom is -0.349 e. The zero-order chi connectivity index (χ0) is 13.2. The lowest BCUT2D eigenvalue weighted by Crippen LogP contribution is -2.30. The number of hydrogen-bond donors (Lipinski definition) is 3. The molecular weight excluding hydrogens is 240 g/mol. The molecule has 1 aromatic heterocycles. The van der Waals surface area contributed by atoms with Gasteiger partial charge in [0.2, 0.25) is 5.91 Å². The molecule has 0 radical (unpaired) electrons. The smallest absolute Gasteiger partial charge is 0.223 e. The monoisotopic (exact) mass is 258 g/mol. The molecule has 2 atom stereocenters. The van der Waals surface area contributed by atoms with Crippen LogP contribution in [0.3, 0.4) is 0 Å². The number of carbonyl (C=O) groups is 1. The highest BCUT2D eigenvalue weighted by Gasteiger charge is 2.27. The van der Waals surface area contributed by atoms with Crippen LogP contribution in [0.25, 0.3) is 11.0 Å². The van der Waals surface area contributed by atoms with E-state index in [1.807, 2.05) is 24.3 Å². The van der Waals surface area contributed by atoms with Gasteiger partial charge < -0.3 is 16.0 Å². The normalized spacial score (nSPS) is 22.8. The highest BCUT2D eigenvalue weighted by atomic mass is 16.1. The summed E-state index contributed by atoms with van der Waals surface area (Å²) in [6.07, 6.45) is 2.64. The zero-order valence-corrected chi connectivity index (χ0v) is 10.7. The maximum atomic E-state index is 12.0. The second kappa shape index (κ2) is 5.01. The number of fused-ring (bicyclic) bond motifs is 1. The number of nitrogens with two attached hydrogens (primary N) is 1. The van der Waals surface area contributed by atoms with Crippen LogP contribution in [-0.4, -0.2) is 21.9 Å². The topological polar surface area (TPSA) is 83.8 Å². The number of benzene rings is 1. The van der Waals surface area contributed by atoms with E-state index in [9.17, 15) is 4.79 Å². The number of rotatable bonds is 3. The Morgan fingerprint density at radius 1 is 1.42 bits per heavy atom. The number of amides is 1. The molecule has 5 nitrogen and oxygen atoms in total. The molecule has 100 valence electrons. The summed E-state index contributed by atoms with van der Waals surface area (Å²) in [5.41, 5.74) is 7.74. The summed E-state index contributed by atoms with van der Waals surface area (Å²) in [6.45, 7) is 0.444. The van der Waals surface area contributed by atoms with Gasteiger partial charge >= 0.3 is 0 Å². The number of para-hydroxylation sites is 2. The average molecular weight is 258 g/mol. The molecule has 4 N–H and O–H groups in total. The predicted octanol–water partition coefficient (Wildman–Crippen LogP) is 1.31. The summed E-state index contributed by atoms with van der Waals surface area (Å²) in [7, 11) is 0. The Morgan fingerprint density at radius 2 is 2.26 bits per heavy atom. The third-order valence-electron chi connectivity index (χ3n) is 3.71. The molecular formula is C14H18N4O. The van der Waals surface area contributed by atoms with Gasteiger partial charge in [-0.1, -0.05) is 12.1 Å². The minimum absolute atomic E-state index is 0.0689. The van der Waals surface area contributed by atoms with Crippen molar-refractivity contribution in [3.05, 3.63) is 30.1 Å². The third kappa shape index (κ3) is 2.61. The molecule has 0 bridgehead atoms. The van der Waals surface area contributed by atoms with Gasteiger partial charge in [-0.15, -0.1) is 0 Å². The van der Waals surface area contributed by atoms with Crippen molar-refractivity contribution in [2.75, 3.05) is 0 Å². The number of carbonyl (C=O) groups excluding carboxylic acids is 1. The molecule has 2 unspecified atom stereocenters. The fourth-order valence-corrected chi connectivity index (χ4v) is 2.66. The summed E-state index contributed by atoms with van der Waals surface area (Å²) >= 11 is 0. The first-order valence-electron chi connectivity index (χ1n) is 6.69. The van der Waals surface area contributed by atoms with Gasteiger partial charge in [0.15, 0.2) is 0 Å². The standard InChI is InChI=1S/C14H18N4O/c15-10-6-5-9(7-10)14(19)16-8-13-17-11-3-1-2-4-12(11)18-13/h1-4,9-10H,5-8,15H2,(H,16,19)(H,17,18). The predicted molar refractivity (Wildman–Crippen MR) is 73.3 cm³/mol. The van der Waals surface area contributed by atoms with Crippen LogP contribution in [0.4, 0.5) is 0 Å². The van der Waals surface area contributed by atoms with Crippen LogP contribution in [-0.2, 0) is 11.3 Å². The van der Waals surface area contributed by atoms with Crippen LogP contribution in [0, 0.1) is 5.92 Å².